The van der Waals surface area contributed by atoms with E-state index in [1.165, 1.54) is 0 Å². The molecular formula is C15H21N3O. The fraction of sp³-hybridized carbons (Fsp3) is 0.400. The number of imidazole rings is 1. The monoisotopic (exact) mass is 259 g/mol. The number of nitrogens with zero attached hydrogens (tertiary/aromatic N) is 2. The van der Waals surface area contributed by atoms with E-state index in [4.69, 9.17) is 10.5 Å². The molecule has 1 aromatic carbocycles. The van der Waals surface area contributed by atoms with Crippen molar-refractivity contribution in [2.75, 3.05) is 12.3 Å². The summed E-state index contributed by atoms with van der Waals surface area (Å²) in [4.78, 5) is 4.39. The quantitative estimate of drug-likeness (QED) is 0.865. The van der Waals surface area contributed by atoms with E-state index in [0.717, 1.165) is 48.8 Å². The summed E-state index contributed by atoms with van der Waals surface area (Å²) in [5.41, 5.74) is 7.98. The number of aromatic nitrogens is 2. The number of nitrogen functional groups attached to an aromatic ring is 1. The summed E-state index contributed by atoms with van der Waals surface area (Å²) in [6.07, 6.45) is 3.86. The Hall–Kier alpha value is -1.97. The van der Waals surface area contributed by atoms with E-state index >= 15 is 0 Å². The summed E-state index contributed by atoms with van der Waals surface area (Å²) < 4.78 is 7.55. The molecule has 1 aromatic heterocycles. The van der Waals surface area contributed by atoms with Gasteiger partial charge in [-0.25, -0.2) is 4.98 Å². The van der Waals surface area contributed by atoms with Crippen LogP contribution < -0.4 is 10.5 Å². The molecule has 0 bridgehead atoms. The zero-order valence-electron chi connectivity index (χ0n) is 11.6. The lowest BCUT2D eigenvalue weighted by molar-refractivity contribution is 0.317. The Bertz CT molecular complexity index is 517. The molecule has 102 valence electrons. The normalized spacial score (nSPS) is 10.6. The maximum atomic E-state index is 6.11. The van der Waals surface area contributed by atoms with Gasteiger partial charge in [0.25, 0.3) is 0 Å². The standard InChI is InChI=1S/C15H21N3O/c1-3-9-18-11-17-14(15(18)16)12-5-7-13(8-6-12)19-10-4-2/h5-8,11H,3-4,9-10,16H2,1-2H3. The molecule has 0 spiro atoms. The molecular weight excluding hydrogens is 238 g/mol. The Morgan fingerprint density at radius 1 is 1.16 bits per heavy atom. The van der Waals surface area contributed by atoms with Crippen LogP contribution in [0.2, 0.25) is 0 Å². The molecule has 0 fully saturated rings. The lowest BCUT2D eigenvalue weighted by Gasteiger charge is -2.06. The van der Waals surface area contributed by atoms with Crippen molar-refractivity contribution < 1.29 is 4.74 Å². The van der Waals surface area contributed by atoms with Gasteiger partial charge in [0.2, 0.25) is 0 Å². The van der Waals surface area contributed by atoms with Crippen LogP contribution >= 0.6 is 0 Å². The topological polar surface area (TPSA) is 53.1 Å². The minimum absolute atomic E-state index is 0.726. The molecule has 0 aliphatic heterocycles. The largest absolute Gasteiger partial charge is 0.494 e. The SMILES string of the molecule is CCCOc1ccc(-c2ncn(CCC)c2N)cc1. The molecule has 0 atom stereocenters. The first-order valence-corrected chi connectivity index (χ1v) is 6.80. The van der Waals surface area contributed by atoms with Crippen LogP contribution in [-0.4, -0.2) is 16.2 Å². The zero-order chi connectivity index (χ0) is 13.7. The third-order valence-electron chi connectivity index (χ3n) is 2.94. The molecule has 19 heavy (non-hydrogen) atoms. The number of ether oxygens (including phenoxy) is 1. The van der Waals surface area contributed by atoms with Crippen LogP contribution in [0.5, 0.6) is 5.75 Å². The predicted octanol–water partition coefficient (Wildman–Crippen LogP) is 3.33. The van der Waals surface area contributed by atoms with Gasteiger partial charge in [-0.2, -0.15) is 0 Å². The first-order chi connectivity index (χ1) is 9.26. The summed E-state index contributed by atoms with van der Waals surface area (Å²) in [6.45, 7) is 5.86. The Balaban J connectivity index is 2.17. The average Bonchev–Trinajstić information content (AvgIpc) is 2.79. The summed E-state index contributed by atoms with van der Waals surface area (Å²) in [6, 6.07) is 7.92. The molecule has 2 N–H and O–H groups in total. The van der Waals surface area contributed by atoms with Gasteiger partial charge in [0.1, 0.15) is 17.3 Å². The van der Waals surface area contributed by atoms with E-state index < -0.39 is 0 Å². The van der Waals surface area contributed by atoms with Gasteiger partial charge in [-0.1, -0.05) is 13.8 Å². The van der Waals surface area contributed by atoms with Crippen molar-refractivity contribution in [3.05, 3.63) is 30.6 Å². The number of hydrogen-bond donors (Lipinski definition) is 1. The van der Waals surface area contributed by atoms with Crippen LogP contribution in [0.15, 0.2) is 30.6 Å². The Kier molecular flexibility index (Phi) is 4.44. The highest BCUT2D eigenvalue weighted by molar-refractivity contribution is 5.70. The second kappa shape index (κ2) is 6.27. The summed E-state index contributed by atoms with van der Waals surface area (Å²) in [5, 5.41) is 0. The second-order valence-corrected chi connectivity index (χ2v) is 4.54. The number of hydrogen-bond acceptors (Lipinski definition) is 3. The predicted molar refractivity (Wildman–Crippen MR) is 78.2 cm³/mol. The van der Waals surface area contributed by atoms with Crippen molar-refractivity contribution in [2.24, 2.45) is 0 Å². The highest BCUT2D eigenvalue weighted by atomic mass is 16.5. The van der Waals surface area contributed by atoms with E-state index in [0.29, 0.717) is 0 Å². The van der Waals surface area contributed by atoms with Crippen LogP contribution in [-0.2, 0) is 6.54 Å². The Morgan fingerprint density at radius 3 is 2.53 bits per heavy atom. The van der Waals surface area contributed by atoms with E-state index in [1.807, 2.05) is 28.8 Å². The number of nitrogens with two attached hydrogens (primary N) is 1. The van der Waals surface area contributed by atoms with Gasteiger partial charge in [0, 0.05) is 12.1 Å². The van der Waals surface area contributed by atoms with Gasteiger partial charge in [-0.3, -0.25) is 0 Å². The highest BCUT2D eigenvalue weighted by Crippen LogP contribution is 2.26. The summed E-state index contributed by atoms with van der Waals surface area (Å²) >= 11 is 0. The molecule has 1 heterocycles. The molecule has 0 aliphatic carbocycles. The molecule has 0 aliphatic rings. The van der Waals surface area contributed by atoms with Crippen molar-refractivity contribution in [1.82, 2.24) is 9.55 Å². The van der Waals surface area contributed by atoms with Crippen molar-refractivity contribution in [2.45, 2.75) is 33.2 Å². The molecule has 2 aromatic rings. The minimum Gasteiger partial charge on any atom is -0.494 e. The van der Waals surface area contributed by atoms with Gasteiger partial charge in [-0.05, 0) is 37.1 Å². The lowest BCUT2D eigenvalue weighted by Crippen LogP contribution is -2.01. The fourth-order valence-corrected chi connectivity index (χ4v) is 1.96. The van der Waals surface area contributed by atoms with E-state index in [1.54, 1.807) is 6.33 Å². The van der Waals surface area contributed by atoms with Gasteiger partial charge >= 0.3 is 0 Å². The van der Waals surface area contributed by atoms with Crippen LogP contribution in [0, 0.1) is 0 Å². The first kappa shape index (κ1) is 13.5. The average molecular weight is 259 g/mol. The molecule has 0 radical (unpaired) electrons. The third kappa shape index (κ3) is 3.08. The van der Waals surface area contributed by atoms with E-state index in [-0.39, 0.29) is 0 Å². The smallest absolute Gasteiger partial charge is 0.131 e. The lowest BCUT2D eigenvalue weighted by atomic mass is 10.1. The number of benzene rings is 1. The van der Waals surface area contributed by atoms with Crippen molar-refractivity contribution in [3.8, 4) is 17.0 Å². The highest BCUT2D eigenvalue weighted by Gasteiger charge is 2.09. The van der Waals surface area contributed by atoms with Crippen LogP contribution in [0.3, 0.4) is 0 Å². The summed E-state index contributed by atoms with van der Waals surface area (Å²) in [7, 11) is 0. The molecule has 4 heteroatoms. The second-order valence-electron chi connectivity index (χ2n) is 4.54. The molecule has 0 saturated heterocycles. The van der Waals surface area contributed by atoms with Gasteiger partial charge in [0.15, 0.2) is 0 Å². The maximum absolute atomic E-state index is 6.11. The van der Waals surface area contributed by atoms with E-state index in [9.17, 15) is 0 Å². The number of aryl methyl sites for hydroxylation is 1. The number of rotatable bonds is 6. The molecule has 0 amide bonds. The van der Waals surface area contributed by atoms with Gasteiger partial charge in [0.05, 0.1) is 12.9 Å². The van der Waals surface area contributed by atoms with Crippen molar-refractivity contribution >= 4 is 5.82 Å². The first-order valence-electron chi connectivity index (χ1n) is 6.80. The van der Waals surface area contributed by atoms with Gasteiger partial charge < -0.3 is 15.0 Å². The fourth-order valence-electron chi connectivity index (χ4n) is 1.96. The molecule has 2 rings (SSSR count). The van der Waals surface area contributed by atoms with Gasteiger partial charge in [-0.15, -0.1) is 0 Å². The molecule has 0 saturated carbocycles. The van der Waals surface area contributed by atoms with Crippen LogP contribution in [0.1, 0.15) is 26.7 Å². The third-order valence-corrected chi connectivity index (χ3v) is 2.94. The maximum Gasteiger partial charge on any atom is 0.131 e. The van der Waals surface area contributed by atoms with Crippen molar-refractivity contribution in [3.63, 3.8) is 0 Å². The summed E-state index contributed by atoms with van der Waals surface area (Å²) in [5.74, 6) is 1.61. The Morgan fingerprint density at radius 2 is 1.89 bits per heavy atom. The van der Waals surface area contributed by atoms with E-state index in [2.05, 4.69) is 18.8 Å². The van der Waals surface area contributed by atoms with Crippen LogP contribution in [0.25, 0.3) is 11.3 Å². The minimum atomic E-state index is 0.726. The van der Waals surface area contributed by atoms with Crippen LogP contribution in [0.4, 0.5) is 5.82 Å². The molecule has 4 nitrogen and oxygen atoms in total. The zero-order valence-corrected chi connectivity index (χ0v) is 11.6. The molecule has 0 unspecified atom stereocenters. The Labute approximate surface area is 114 Å². The number of anilines is 1. The van der Waals surface area contributed by atoms with Crippen molar-refractivity contribution in [1.29, 1.82) is 0 Å².